The van der Waals surface area contributed by atoms with Gasteiger partial charge in [-0.1, -0.05) is 61.2 Å². The number of amidine groups is 1. The molecule has 0 radical (unpaired) electrons. The van der Waals surface area contributed by atoms with E-state index in [-0.39, 0.29) is 24.1 Å². The number of aromatic carboxylic acids is 1. The summed E-state index contributed by atoms with van der Waals surface area (Å²) in [6.45, 7) is 0.113. The molecule has 0 atom stereocenters. The number of carbonyl (C=O) groups is 2. The van der Waals surface area contributed by atoms with Crippen LogP contribution in [0.3, 0.4) is 0 Å². The van der Waals surface area contributed by atoms with E-state index in [1.165, 1.54) is 31.4 Å². The summed E-state index contributed by atoms with van der Waals surface area (Å²) >= 11 is 7.98. The number of hydrogen-bond donors (Lipinski definition) is 1. The zero-order valence-electron chi connectivity index (χ0n) is 22.0. The van der Waals surface area contributed by atoms with Gasteiger partial charge in [-0.3, -0.25) is 9.69 Å². The second-order valence-corrected chi connectivity index (χ2v) is 11.1. The van der Waals surface area contributed by atoms with E-state index >= 15 is 0 Å². The molecular weight excluding hydrogens is 548 g/mol. The van der Waals surface area contributed by atoms with Crippen molar-refractivity contribution in [2.24, 2.45) is 4.99 Å². The summed E-state index contributed by atoms with van der Waals surface area (Å²) in [5, 5.41) is 10.3. The number of nitrogens with zero attached hydrogens (tertiary/aromatic N) is 2. The zero-order valence-corrected chi connectivity index (χ0v) is 23.6. The summed E-state index contributed by atoms with van der Waals surface area (Å²) in [6.07, 6.45) is 7.14. The molecule has 1 aliphatic carbocycles. The molecule has 7 nitrogen and oxygen atoms in total. The van der Waals surface area contributed by atoms with Gasteiger partial charge in [0.2, 0.25) is 0 Å². The minimum absolute atomic E-state index is 0.0553. The molecule has 40 heavy (non-hydrogen) atoms. The van der Waals surface area contributed by atoms with Gasteiger partial charge in [-0.25, -0.2) is 9.79 Å². The van der Waals surface area contributed by atoms with Gasteiger partial charge in [0.15, 0.2) is 16.7 Å². The zero-order chi connectivity index (χ0) is 28.1. The lowest BCUT2D eigenvalue weighted by Gasteiger charge is -2.30. The summed E-state index contributed by atoms with van der Waals surface area (Å²) in [5.41, 5.74) is 2.37. The molecule has 1 aliphatic heterocycles. The molecule has 206 valence electrons. The van der Waals surface area contributed by atoms with Crippen molar-refractivity contribution >= 4 is 52.2 Å². The molecule has 1 N–H and O–H groups in total. The fourth-order valence-corrected chi connectivity index (χ4v) is 6.24. The highest BCUT2D eigenvalue weighted by atomic mass is 35.5. The first kappa shape index (κ1) is 27.8. The van der Waals surface area contributed by atoms with Crippen molar-refractivity contribution in [1.82, 2.24) is 4.90 Å². The summed E-state index contributed by atoms with van der Waals surface area (Å²) in [5.74, 6) is -0.312. The molecular formula is C31H29ClN2O5S. The number of carbonyl (C=O) groups excluding carboxylic acids is 1. The third kappa shape index (κ3) is 6.35. The smallest absolute Gasteiger partial charge is 0.335 e. The molecule has 3 aromatic rings. The second-order valence-electron chi connectivity index (χ2n) is 9.64. The number of rotatable bonds is 8. The number of para-hydroxylation sites is 1. The molecule has 1 heterocycles. The van der Waals surface area contributed by atoms with Crippen molar-refractivity contribution < 1.29 is 24.2 Å². The van der Waals surface area contributed by atoms with Crippen LogP contribution in [0.4, 0.5) is 5.69 Å². The van der Waals surface area contributed by atoms with Crippen molar-refractivity contribution in [1.29, 1.82) is 0 Å². The van der Waals surface area contributed by atoms with Crippen LogP contribution >= 0.6 is 23.4 Å². The normalized spacial score (nSPS) is 17.9. The number of methoxy groups -OCH3 is 1. The van der Waals surface area contributed by atoms with Crippen molar-refractivity contribution in [2.45, 2.75) is 44.8 Å². The van der Waals surface area contributed by atoms with Crippen molar-refractivity contribution in [2.75, 3.05) is 7.11 Å². The van der Waals surface area contributed by atoms with Gasteiger partial charge >= 0.3 is 5.97 Å². The standard InChI is InChI=1S/C31H29ClN2O5S/c1-38-26-17-21(16-25(32)28(26)39-19-20-9-8-10-22(15-20)30(36)37)18-27-29(35)34(24-13-6-3-7-14-24)31(40-27)33-23-11-4-2-5-12-23/h2,4-5,8-12,15-18,24H,3,6-7,13-14,19H2,1H3,(H,36,37)/b27-18+,33-31?. The lowest BCUT2D eigenvalue weighted by molar-refractivity contribution is -0.124. The van der Waals surface area contributed by atoms with Crippen LogP contribution in [0.25, 0.3) is 6.08 Å². The number of carboxylic acid groups (broad SMARTS) is 1. The molecule has 9 heteroatoms. The number of aliphatic imine (C=N–C) groups is 1. The summed E-state index contributed by atoms with van der Waals surface area (Å²) in [4.78, 5) is 32.2. The van der Waals surface area contributed by atoms with E-state index in [0.29, 0.717) is 37.7 Å². The van der Waals surface area contributed by atoms with E-state index < -0.39 is 5.97 Å². The number of benzene rings is 3. The number of thioether (sulfide) groups is 1. The number of ether oxygens (including phenoxy) is 2. The Kier molecular flexibility index (Phi) is 8.77. The maximum Gasteiger partial charge on any atom is 0.335 e. The van der Waals surface area contributed by atoms with Crippen LogP contribution in [0.2, 0.25) is 5.02 Å². The summed E-state index contributed by atoms with van der Waals surface area (Å²) in [7, 11) is 1.52. The summed E-state index contributed by atoms with van der Waals surface area (Å²) in [6, 6.07) is 19.8. The first-order valence-electron chi connectivity index (χ1n) is 13.1. The van der Waals surface area contributed by atoms with E-state index in [4.69, 9.17) is 26.1 Å². The molecule has 5 rings (SSSR count). The largest absolute Gasteiger partial charge is 0.493 e. The van der Waals surface area contributed by atoms with Gasteiger partial charge in [0.25, 0.3) is 5.91 Å². The predicted molar refractivity (Wildman–Crippen MR) is 159 cm³/mol. The Balaban J connectivity index is 1.41. The maximum atomic E-state index is 13.7. The van der Waals surface area contributed by atoms with E-state index in [1.54, 1.807) is 30.3 Å². The van der Waals surface area contributed by atoms with Crippen LogP contribution in [0.5, 0.6) is 11.5 Å². The highest BCUT2D eigenvalue weighted by Gasteiger charge is 2.38. The van der Waals surface area contributed by atoms with Gasteiger partial charge in [-0.15, -0.1) is 0 Å². The minimum Gasteiger partial charge on any atom is -0.493 e. The first-order chi connectivity index (χ1) is 19.4. The van der Waals surface area contributed by atoms with Gasteiger partial charge < -0.3 is 14.6 Å². The quantitative estimate of drug-likeness (QED) is 0.278. The van der Waals surface area contributed by atoms with E-state index in [1.807, 2.05) is 41.3 Å². The van der Waals surface area contributed by atoms with Gasteiger partial charge in [-0.05, 0) is 78.2 Å². The molecule has 2 fully saturated rings. The molecule has 3 aromatic carbocycles. The molecule has 0 bridgehead atoms. The minimum atomic E-state index is -1.01. The Morgan fingerprint density at radius 2 is 1.88 bits per heavy atom. The molecule has 1 saturated carbocycles. The molecule has 1 amide bonds. The molecule has 0 unspecified atom stereocenters. The average molecular weight is 577 g/mol. The van der Waals surface area contributed by atoms with Crippen molar-refractivity contribution in [3.05, 3.63) is 93.3 Å². The highest BCUT2D eigenvalue weighted by molar-refractivity contribution is 8.18. The van der Waals surface area contributed by atoms with Gasteiger partial charge in [0.1, 0.15) is 6.61 Å². The van der Waals surface area contributed by atoms with Gasteiger partial charge in [0.05, 0.1) is 28.3 Å². The monoisotopic (exact) mass is 576 g/mol. The molecule has 0 spiro atoms. The SMILES string of the molecule is COc1cc(/C=C2/SC(=Nc3ccccc3)N(C3CCCCC3)C2=O)cc(Cl)c1OCc1cccc(C(=O)O)c1. The Morgan fingerprint density at radius 1 is 1.10 bits per heavy atom. The summed E-state index contributed by atoms with van der Waals surface area (Å²) < 4.78 is 11.5. The van der Waals surface area contributed by atoms with E-state index in [9.17, 15) is 14.7 Å². The number of carboxylic acids is 1. The van der Waals surface area contributed by atoms with E-state index in [0.717, 1.165) is 31.4 Å². The lowest BCUT2D eigenvalue weighted by atomic mass is 9.94. The average Bonchev–Trinajstić information content (AvgIpc) is 3.27. The Morgan fingerprint density at radius 3 is 2.60 bits per heavy atom. The fraction of sp³-hybridized carbons (Fsp3) is 0.258. The van der Waals surface area contributed by atoms with E-state index in [2.05, 4.69) is 0 Å². The number of halogens is 1. The van der Waals surface area contributed by atoms with Crippen LogP contribution in [-0.4, -0.2) is 40.2 Å². The lowest BCUT2D eigenvalue weighted by Crippen LogP contribution is -2.40. The van der Waals surface area contributed by atoms with Crippen LogP contribution in [0, 0.1) is 0 Å². The maximum absolute atomic E-state index is 13.7. The van der Waals surface area contributed by atoms with Gasteiger partial charge in [-0.2, -0.15) is 0 Å². The highest BCUT2D eigenvalue weighted by Crippen LogP contribution is 2.41. The second kappa shape index (κ2) is 12.6. The Bertz CT molecular complexity index is 1470. The molecule has 1 saturated heterocycles. The van der Waals surface area contributed by atoms with Crippen LogP contribution in [0.15, 0.2) is 76.6 Å². The topological polar surface area (TPSA) is 88.4 Å². The predicted octanol–water partition coefficient (Wildman–Crippen LogP) is 7.56. The third-order valence-electron chi connectivity index (χ3n) is 6.86. The van der Waals surface area contributed by atoms with Crippen LogP contribution < -0.4 is 9.47 Å². The number of hydrogen-bond acceptors (Lipinski definition) is 6. The first-order valence-corrected chi connectivity index (χ1v) is 14.3. The molecule has 2 aliphatic rings. The van der Waals surface area contributed by atoms with Gasteiger partial charge in [0, 0.05) is 6.04 Å². The van der Waals surface area contributed by atoms with Crippen LogP contribution in [0.1, 0.15) is 53.6 Å². The van der Waals surface area contributed by atoms with Crippen molar-refractivity contribution in [3.63, 3.8) is 0 Å². The molecule has 0 aromatic heterocycles. The number of amides is 1. The third-order valence-corrected chi connectivity index (χ3v) is 8.13. The fourth-order valence-electron chi connectivity index (χ4n) is 4.90. The van der Waals surface area contributed by atoms with Crippen molar-refractivity contribution in [3.8, 4) is 11.5 Å². The Labute approximate surface area is 242 Å². The van der Waals surface area contributed by atoms with Crippen LogP contribution in [-0.2, 0) is 11.4 Å². The Hall–Kier alpha value is -3.75.